The molecular formula is C21H25ClN4O4S. The van der Waals surface area contributed by atoms with Crippen LogP contribution in [0.3, 0.4) is 0 Å². The number of sulfonamides is 1. The molecule has 31 heavy (non-hydrogen) atoms. The van der Waals surface area contributed by atoms with Gasteiger partial charge in [-0.3, -0.25) is 14.5 Å². The van der Waals surface area contributed by atoms with E-state index >= 15 is 0 Å². The Bertz CT molecular complexity index is 1050. The summed E-state index contributed by atoms with van der Waals surface area (Å²) < 4.78 is 27.0. The molecule has 1 heterocycles. The number of piperazine rings is 1. The molecule has 3 rings (SSSR count). The Labute approximate surface area is 187 Å². The molecule has 1 aliphatic heterocycles. The molecule has 0 bridgehead atoms. The molecule has 8 nitrogen and oxygen atoms in total. The molecule has 0 radical (unpaired) electrons. The lowest BCUT2D eigenvalue weighted by Gasteiger charge is -2.33. The van der Waals surface area contributed by atoms with Gasteiger partial charge >= 0.3 is 0 Å². The molecule has 10 heteroatoms. The molecule has 0 aliphatic carbocycles. The molecule has 0 atom stereocenters. The van der Waals surface area contributed by atoms with Crippen LogP contribution in [0, 0.1) is 0 Å². The number of anilines is 1. The Hall–Kier alpha value is -2.46. The number of rotatable bonds is 6. The van der Waals surface area contributed by atoms with Crippen molar-refractivity contribution < 1.29 is 18.0 Å². The first-order valence-corrected chi connectivity index (χ1v) is 11.6. The maximum Gasteiger partial charge on any atom is 0.253 e. The zero-order valence-electron chi connectivity index (χ0n) is 17.4. The van der Waals surface area contributed by atoms with Gasteiger partial charge < -0.3 is 10.2 Å². The minimum Gasteiger partial charge on any atom is -0.345 e. The van der Waals surface area contributed by atoms with Crippen molar-refractivity contribution >= 4 is 39.1 Å². The second kappa shape index (κ2) is 9.78. The number of carbonyl (C=O) groups is 2. The van der Waals surface area contributed by atoms with E-state index in [9.17, 15) is 18.0 Å². The molecule has 0 aromatic heterocycles. The van der Waals surface area contributed by atoms with Crippen molar-refractivity contribution in [2.75, 3.05) is 52.1 Å². The maximum absolute atomic E-state index is 12.8. The summed E-state index contributed by atoms with van der Waals surface area (Å²) in [6, 6.07) is 13.1. The summed E-state index contributed by atoms with van der Waals surface area (Å²) in [5.41, 5.74) is 1.14. The van der Waals surface area contributed by atoms with Crippen LogP contribution in [-0.2, 0) is 14.8 Å². The Balaban J connectivity index is 1.52. The maximum atomic E-state index is 12.8. The number of halogens is 1. The van der Waals surface area contributed by atoms with E-state index in [1.165, 1.54) is 15.3 Å². The normalized spacial score (nSPS) is 15.5. The summed E-state index contributed by atoms with van der Waals surface area (Å²) in [5, 5.41) is 3.00. The highest BCUT2D eigenvalue weighted by molar-refractivity contribution is 7.89. The second-order valence-corrected chi connectivity index (χ2v) is 9.75. The van der Waals surface area contributed by atoms with Gasteiger partial charge in [0, 0.05) is 51.5 Å². The van der Waals surface area contributed by atoms with Crippen molar-refractivity contribution in [2.24, 2.45) is 0 Å². The fraction of sp³-hybridized carbons (Fsp3) is 0.333. The van der Waals surface area contributed by atoms with Gasteiger partial charge in [-0.1, -0.05) is 23.7 Å². The number of carbonyl (C=O) groups excluding carboxylic acids is 2. The van der Waals surface area contributed by atoms with Crippen LogP contribution in [0.4, 0.5) is 5.69 Å². The first kappa shape index (κ1) is 23.2. The van der Waals surface area contributed by atoms with Gasteiger partial charge in [-0.25, -0.2) is 8.42 Å². The zero-order valence-corrected chi connectivity index (χ0v) is 19.0. The third-order valence-corrected chi connectivity index (χ3v) is 7.37. The van der Waals surface area contributed by atoms with Crippen LogP contribution in [0.1, 0.15) is 10.4 Å². The molecule has 1 N–H and O–H groups in total. The van der Waals surface area contributed by atoms with Gasteiger partial charge in [0.2, 0.25) is 15.9 Å². The standard InChI is InChI=1S/C21H25ClN4O4S/c1-24(2)21(28)16-7-9-17(10-8-16)23-20(27)15-25-11-13-26(14-12-25)31(29,30)19-6-4-3-5-18(19)22/h3-10H,11-15H2,1-2H3,(H,23,27). The van der Waals surface area contributed by atoms with Crippen LogP contribution in [-0.4, -0.2) is 81.2 Å². The van der Waals surface area contributed by atoms with E-state index in [4.69, 9.17) is 11.6 Å². The lowest BCUT2D eigenvalue weighted by atomic mass is 10.2. The minimum absolute atomic E-state index is 0.0963. The van der Waals surface area contributed by atoms with E-state index in [1.807, 2.05) is 4.90 Å². The Kier molecular flexibility index (Phi) is 7.32. The van der Waals surface area contributed by atoms with E-state index in [0.29, 0.717) is 24.3 Å². The van der Waals surface area contributed by atoms with Gasteiger partial charge in [-0.2, -0.15) is 4.31 Å². The predicted octanol–water partition coefficient (Wildman–Crippen LogP) is 1.99. The van der Waals surface area contributed by atoms with E-state index in [2.05, 4.69) is 5.32 Å². The van der Waals surface area contributed by atoms with Crippen molar-refractivity contribution in [2.45, 2.75) is 4.90 Å². The van der Waals surface area contributed by atoms with Crippen LogP contribution in [0.5, 0.6) is 0 Å². The number of benzene rings is 2. The first-order chi connectivity index (χ1) is 14.7. The summed E-state index contributed by atoms with van der Waals surface area (Å²) in [7, 11) is -0.311. The van der Waals surface area contributed by atoms with Crippen LogP contribution in [0.2, 0.25) is 5.02 Å². The third kappa shape index (κ3) is 5.62. The molecule has 1 saturated heterocycles. The molecule has 0 spiro atoms. The summed E-state index contributed by atoms with van der Waals surface area (Å²) in [6.45, 7) is 1.59. The summed E-state index contributed by atoms with van der Waals surface area (Å²) in [5.74, 6) is -0.309. The first-order valence-electron chi connectivity index (χ1n) is 9.77. The fourth-order valence-corrected chi connectivity index (χ4v) is 5.19. The average molecular weight is 465 g/mol. The van der Waals surface area contributed by atoms with E-state index < -0.39 is 10.0 Å². The molecule has 2 amide bonds. The number of nitrogens with one attached hydrogen (secondary N) is 1. The molecule has 166 valence electrons. The summed E-state index contributed by atoms with van der Waals surface area (Å²) in [6.07, 6.45) is 0. The SMILES string of the molecule is CN(C)C(=O)c1ccc(NC(=O)CN2CCN(S(=O)(=O)c3ccccc3Cl)CC2)cc1. The lowest BCUT2D eigenvalue weighted by molar-refractivity contribution is -0.117. The molecule has 2 aromatic rings. The second-order valence-electron chi connectivity index (χ2n) is 7.44. The highest BCUT2D eigenvalue weighted by Crippen LogP contribution is 2.25. The van der Waals surface area contributed by atoms with Gasteiger partial charge in [-0.15, -0.1) is 0 Å². The molecule has 2 aromatic carbocycles. The van der Waals surface area contributed by atoms with Gasteiger partial charge in [0.15, 0.2) is 0 Å². The van der Waals surface area contributed by atoms with Crippen molar-refractivity contribution in [3.63, 3.8) is 0 Å². The van der Waals surface area contributed by atoms with Crippen LogP contribution in [0.25, 0.3) is 0 Å². The van der Waals surface area contributed by atoms with Crippen LogP contribution < -0.4 is 5.32 Å². The monoisotopic (exact) mass is 464 g/mol. The Morgan fingerprint density at radius 1 is 1.00 bits per heavy atom. The third-order valence-electron chi connectivity index (χ3n) is 4.97. The Morgan fingerprint density at radius 2 is 1.61 bits per heavy atom. The van der Waals surface area contributed by atoms with Crippen LogP contribution >= 0.6 is 11.6 Å². The summed E-state index contributed by atoms with van der Waals surface area (Å²) in [4.78, 5) is 27.8. The van der Waals surface area contributed by atoms with Gasteiger partial charge in [0.05, 0.1) is 11.6 Å². The van der Waals surface area contributed by atoms with Gasteiger partial charge in [0.25, 0.3) is 5.91 Å². The smallest absolute Gasteiger partial charge is 0.253 e. The van der Waals surface area contributed by atoms with Crippen LogP contribution in [0.15, 0.2) is 53.4 Å². The van der Waals surface area contributed by atoms with Crippen molar-refractivity contribution in [1.82, 2.24) is 14.1 Å². The molecule has 0 saturated carbocycles. The quantitative estimate of drug-likeness (QED) is 0.706. The van der Waals surface area contributed by atoms with E-state index in [0.717, 1.165) is 0 Å². The number of amides is 2. The largest absolute Gasteiger partial charge is 0.345 e. The average Bonchev–Trinajstić information content (AvgIpc) is 2.74. The topological polar surface area (TPSA) is 90.0 Å². The highest BCUT2D eigenvalue weighted by Gasteiger charge is 2.30. The predicted molar refractivity (Wildman–Crippen MR) is 120 cm³/mol. The molecule has 1 aliphatic rings. The number of hydrogen-bond donors (Lipinski definition) is 1. The fourth-order valence-electron chi connectivity index (χ4n) is 3.28. The van der Waals surface area contributed by atoms with Crippen molar-refractivity contribution in [3.8, 4) is 0 Å². The van der Waals surface area contributed by atoms with E-state index in [-0.39, 0.29) is 41.4 Å². The van der Waals surface area contributed by atoms with Gasteiger partial charge in [-0.05, 0) is 36.4 Å². The molecule has 0 unspecified atom stereocenters. The Morgan fingerprint density at radius 3 is 2.19 bits per heavy atom. The number of hydrogen-bond acceptors (Lipinski definition) is 5. The van der Waals surface area contributed by atoms with Gasteiger partial charge in [0.1, 0.15) is 4.90 Å². The zero-order chi connectivity index (χ0) is 22.6. The highest BCUT2D eigenvalue weighted by atomic mass is 35.5. The van der Waals surface area contributed by atoms with E-state index in [1.54, 1.807) is 56.6 Å². The van der Waals surface area contributed by atoms with Crippen molar-refractivity contribution in [1.29, 1.82) is 0 Å². The summed E-state index contributed by atoms with van der Waals surface area (Å²) >= 11 is 6.05. The minimum atomic E-state index is -3.67. The molecule has 1 fully saturated rings. The lowest BCUT2D eigenvalue weighted by Crippen LogP contribution is -2.50. The number of nitrogens with zero attached hydrogens (tertiary/aromatic N) is 3. The molecular weight excluding hydrogens is 440 g/mol. The van der Waals surface area contributed by atoms with Crippen molar-refractivity contribution in [3.05, 3.63) is 59.1 Å².